The van der Waals surface area contributed by atoms with Crippen LogP contribution in [0.25, 0.3) is 87.6 Å². The molecule has 2 aliphatic rings. The van der Waals surface area contributed by atoms with Gasteiger partial charge in [0, 0.05) is 22.4 Å². The second-order valence-corrected chi connectivity index (χ2v) is 15.1. The van der Waals surface area contributed by atoms with Gasteiger partial charge in [-0.05, 0) is 108 Å². The van der Waals surface area contributed by atoms with E-state index in [1.807, 2.05) is 0 Å². The molecule has 0 radical (unpaired) electrons. The topological polar surface area (TPSA) is 16.4 Å². The van der Waals surface area contributed by atoms with Gasteiger partial charge in [-0.3, -0.25) is 0 Å². The van der Waals surface area contributed by atoms with Gasteiger partial charge < -0.3 is 9.32 Å². The average molecular weight is 714 g/mol. The first-order valence-electron chi connectivity index (χ1n) is 19.5. The fraction of sp³-hybridized carbons (Fsp3) is 0.0370. The Hall–Kier alpha value is -7.16. The van der Waals surface area contributed by atoms with E-state index in [2.05, 4.69) is 205 Å². The summed E-state index contributed by atoms with van der Waals surface area (Å²) >= 11 is 0. The molecule has 262 valence electrons. The van der Waals surface area contributed by atoms with Crippen LogP contribution in [0, 0.1) is 0 Å². The number of para-hydroxylation sites is 2. The normalized spacial score (nSPS) is 16.0. The third-order valence-electron chi connectivity index (χ3n) is 12.1. The van der Waals surface area contributed by atoms with Gasteiger partial charge in [0.1, 0.15) is 5.58 Å². The van der Waals surface area contributed by atoms with Crippen LogP contribution in [0.5, 0.6) is 0 Å². The fourth-order valence-electron chi connectivity index (χ4n) is 9.76. The number of fused-ring (bicyclic) bond motifs is 9. The summed E-state index contributed by atoms with van der Waals surface area (Å²) in [6, 6.07) is 64.6. The molecule has 1 aromatic heterocycles. The van der Waals surface area contributed by atoms with Crippen LogP contribution in [0.3, 0.4) is 0 Å². The quantitative estimate of drug-likeness (QED) is 0.169. The zero-order valence-electron chi connectivity index (χ0n) is 30.6. The van der Waals surface area contributed by atoms with Crippen molar-refractivity contribution in [1.29, 1.82) is 0 Å². The highest BCUT2D eigenvalue weighted by Crippen LogP contribution is 2.52. The average Bonchev–Trinajstić information content (AvgIpc) is 3.81. The molecule has 0 spiro atoms. The first-order valence-corrected chi connectivity index (χ1v) is 19.5. The lowest BCUT2D eigenvalue weighted by molar-refractivity contribution is 0.663. The van der Waals surface area contributed by atoms with Crippen molar-refractivity contribution in [1.82, 2.24) is 0 Å². The van der Waals surface area contributed by atoms with Gasteiger partial charge in [0.25, 0.3) is 0 Å². The van der Waals surface area contributed by atoms with Crippen LogP contribution in [0.15, 0.2) is 205 Å². The Morgan fingerprint density at radius 1 is 0.411 bits per heavy atom. The Kier molecular flexibility index (Phi) is 6.79. The van der Waals surface area contributed by atoms with Crippen LogP contribution in [0.2, 0.25) is 0 Å². The van der Waals surface area contributed by atoms with E-state index in [1.54, 1.807) is 0 Å². The molecule has 2 unspecified atom stereocenters. The van der Waals surface area contributed by atoms with Crippen molar-refractivity contribution < 1.29 is 4.42 Å². The van der Waals surface area contributed by atoms with Gasteiger partial charge in [0.15, 0.2) is 5.58 Å². The highest BCUT2D eigenvalue weighted by atomic mass is 16.3. The zero-order valence-corrected chi connectivity index (χ0v) is 30.6. The SMILES string of the molecule is C1=CC2c3ccccc3N(c3cc(-c4cc(-c5c6ccccc6c(-c6ccccc6)c6ccccc56)cc5ccccc45)cc4c3oc3ccccc34)C2C=C1. The fourth-order valence-corrected chi connectivity index (χ4v) is 9.76. The standard InChI is InChI=1S/C54H35NO/c1-2-16-34(17-3-1)52-42-23-6-8-25-44(42)53(45-26-9-7-24-43(45)52)37-30-35-18-4-5-19-38(35)46(32-37)36-31-47-41-22-12-15-29-51(41)56-54(47)50(33-36)55-48-27-13-10-20-39(48)40-21-11-14-28-49(40)55/h1-33,39,48H. The Labute approximate surface area is 324 Å². The number of rotatable bonds is 4. The van der Waals surface area contributed by atoms with E-state index >= 15 is 0 Å². The van der Waals surface area contributed by atoms with Gasteiger partial charge in [-0.15, -0.1) is 0 Å². The summed E-state index contributed by atoms with van der Waals surface area (Å²) in [5, 5.41) is 9.71. The maximum Gasteiger partial charge on any atom is 0.159 e. The van der Waals surface area contributed by atoms with E-state index in [0.717, 1.165) is 27.6 Å². The first kappa shape index (κ1) is 31.2. The van der Waals surface area contributed by atoms with Gasteiger partial charge in [-0.25, -0.2) is 0 Å². The van der Waals surface area contributed by atoms with Crippen LogP contribution in [-0.4, -0.2) is 6.04 Å². The summed E-state index contributed by atoms with van der Waals surface area (Å²) in [5.74, 6) is 0.267. The second kappa shape index (κ2) is 12.2. The minimum Gasteiger partial charge on any atom is -0.454 e. The number of hydrogen-bond donors (Lipinski definition) is 0. The Morgan fingerprint density at radius 2 is 1.02 bits per heavy atom. The van der Waals surface area contributed by atoms with Crippen LogP contribution in [0.4, 0.5) is 11.4 Å². The molecule has 9 aromatic carbocycles. The predicted molar refractivity (Wildman–Crippen MR) is 236 cm³/mol. The molecule has 0 saturated heterocycles. The second-order valence-electron chi connectivity index (χ2n) is 15.1. The maximum atomic E-state index is 6.82. The molecule has 12 rings (SSSR count). The van der Waals surface area contributed by atoms with Gasteiger partial charge in [0.2, 0.25) is 0 Å². The molecule has 2 nitrogen and oxygen atoms in total. The number of allylic oxidation sites excluding steroid dienone is 2. The molecule has 2 heterocycles. The number of hydrogen-bond acceptors (Lipinski definition) is 2. The van der Waals surface area contributed by atoms with Gasteiger partial charge in [-0.2, -0.15) is 0 Å². The van der Waals surface area contributed by atoms with Crippen molar-refractivity contribution in [2.24, 2.45) is 0 Å². The summed E-state index contributed by atoms with van der Waals surface area (Å²) in [5.41, 5.74) is 12.8. The molecule has 0 fully saturated rings. The highest BCUT2D eigenvalue weighted by molar-refractivity contribution is 6.22. The van der Waals surface area contributed by atoms with E-state index in [1.165, 1.54) is 76.9 Å². The maximum absolute atomic E-state index is 6.82. The largest absolute Gasteiger partial charge is 0.454 e. The molecule has 0 bridgehead atoms. The van der Waals surface area contributed by atoms with Crippen LogP contribution in [-0.2, 0) is 0 Å². The van der Waals surface area contributed by atoms with E-state index in [9.17, 15) is 0 Å². The smallest absolute Gasteiger partial charge is 0.159 e. The van der Waals surface area contributed by atoms with Crippen molar-refractivity contribution in [3.63, 3.8) is 0 Å². The van der Waals surface area contributed by atoms with Gasteiger partial charge in [-0.1, -0.05) is 164 Å². The molecule has 2 heteroatoms. The minimum absolute atomic E-state index is 0.146. The Balaban J connectivity index is 1.17. The highest BCUT2D eigenvalue weighted by Gasteiger charge is 2.38. The van der Waals surface area contributed by atoms with Crippen molar-refractivity contribution in [2.45, 2.75) is 12.0 Å². The summed E-state index contributed by atoms with van der Waals surface area (Å²) in [6.07, 6.45) is 9.07. The molecule has 56 heavy (non-hydrogen) atoms. The lowest BCUT2D eigenvalue weighted by atomic mass is 9.84. The molecule has 0 N–H and O–H groups in total. The van der Waals surface area contributed by atoms with E-state index in [4.69, 9.17) is 4.42 Å². The zero-order chi connectivity index (χ0) is 36.7. The molecule has 2 atom stereocenters. The number of anilines is 2. The van der Waals surface area contributed by atoms with Crippen LogP contribution in [0.1, 0.15) is 11.5 Å². The van der Waals surface area contributed by atoms with Crippen molar-refractivity contribution >= 4 is 65.6 Å². The van der Waals surface area contributed by atoms with E-state index in [0.29, 0.717) is 0 Å². The molecule has 0 amide bonds. The molecular formula is C54H35NO. The Bertz CT molecular complexity index is 3220. The molecule has 10 aromatic rings. The van der Waals surface area contributed by atoms with Crippen molar-refractivity contribution in [3.8, 4) is 33.4 Å². The lowest BCUT2D eigenvalue weighted by Crippen LogP contribution is -2.28. The first-order chi connectivity index (χ1) is 27.8. The van der Waals surface area contributed by atoms with Gasteiger partial charge in [0.05, 0.1) is 11.7 Å². The van der Waals surface area contributed by atoms with E-state index < -0.39 is 0 Å². The summed E-state index contributed by atoms with van der Waals surface area (Å²) in [4.78, 5) is 2.52. The number of nitrogens with zero attached hydrogens (tertiary/aromatic N) is 1. The van der Waals surface area contributed by atoms with Crippen LogP contribution >= 0.6 is 0 Å². The summed E-state index contributed by atoms with van der Waals surface area (Å²) in [7, 11) is 0. The number of furan rings is 1. The van der Waals surface area contributed by atoms with E-state index in [-0.39, 0.29) is 12.0 Å². The van der Waals surface area contributed by atoms with Crippen molar-refractivity contribution in [3.05, 3.63) is 206 Å². The summed E-state index contributed by atoms with van der Waals surface area (Å²) in [6.45, 7) is 0. The predicted octanol–water partition coefficient (Wildman–Crippen LogP) is 14.8. The lowest BCUT2D eigenvalue weighted by Gasteiger charge is -2.29. The van der Waals surface area contributed by atoms with Crippen LogP contribution < -0.4 is 4.90 Å². The third-order valence-corrected chi connectivity index (χ3v) is 12.1. The summed E-state index contributed by atoms with van der Waals surface area (Å²) < 4.78 is 6.82. The van der Waals surface area contributed by atoms with Gasteiger partial charge >= 0.3 is 0 Å². The molecule has 1 aliphatic carbocycles. The van der Waals surface area contributed by atoms with Crippen molar-refractivity contribution in [2.75, 3.05) is 4.90 Å². The molecule has 0 saturated carbocycles. The number of benzene rings is 9. The Morgan fingerprint density at radius 3 is 1.79 bits per heavy atom. The monoisotopic (exact) mass is 713 g/mol. The minimum atomic E-state index is 0.146. The third kappa shape index (κ3) is 4.56. The molecule has 1 aliphatic heterocycles. The molecular weight excluding hydrogens is 679 g/mol.